The molecule has 0 spiro atoms. The van der Waals surface area contributed by atoms with Gasteiger partial charge in [0.05, 0.1) is 0 Å². The fourth-order valence-electron chi connectivity index (χ4n) is 0. The van der Waals surface area contributed by atoms with Gasteiger partial charge in [-0.25, -0.2) is 0 Å². The first-order valence-electron chi connectivity index (χ1n) is 1.06. The Balaban J connectivity index is -0.00000000800. The van der Waals surface area contributed by atoms with Gasteiger partial charge >= 0.3 is 74.4 Å². The standard InChI is InChI=1S/K.Mg.2H2O3S.3H/c;;2*1-4(2)3;;;/h;;2*(H2,1,2,3);;;/q+1;+2;;;3*-1. The van der Waals surface area contributed by atoms with Crippen molar-refractivity contribution in [2.75, 3.05) is 0 Å². The quantitative estimate of drug-likeness (QED) is 0.252. The zero-order chi connectivity index (χ0) is 7.15. The van der Waals surface area contributed by atoms with E-state index >= 15 is 0 Å². The monoisotopic (exact) mass is 230 g/mol. The summed E-state index contributed by atoms with van der Waals surface area (Å²) in [6.45, 7) is 0. The van der Waals surface area contributed by atoms with Crippen LogP contribution in [0.25, 0.3) is 0 Å². The Hall–Kier alpha value is 2.54. The summed E-state index contributed by atoms with van der Waals surface area (Å²) in [7, 11) is 0. The Morgan fingerprint density at radius 1 is 0.900 bits per heavy atom. The molecule has 0 bridgehead atoms. The molecule has 0 unspecified atom stereocenters. The van der Waals surface area contributed by atoms with E-state index in [1.165, 1.54) is 0 Å². The molecule has 0 atom stereocenters. The van der Waals surface area contributed by atoms with E-state index in [-0.39, 0.29) is 78.7 Å². The Kier molecular flexibility index (Phi) is 40.3. The Morgan fingerprint density at radius 2 is 0.900 bits per heavy atom. The van der Waals surface area contributed by atoms with E-state index in [2.05, 4.69) is 0 Å². The largest absolute Gasteiger partial charge is 2.00 e. The van der Waals surface area contributed by atoms with Gasteiger partial charge in [-0.2, -0.15) is 8.42 Å². The van der Waals surface area contributed by atoms with Crippen LogP contribution < -0.4 is 51.4 Å². The van der Waals surface area contributed by atoms with Crippen LogP contribution in [0.3, 0.4) is 0 Å². The van der Waals surface area contributed by atoms with Crippen LogP contribution in [-0.4, -0.2) is 49.7 Å². The zero-order valence-corrected chi connectivity index (χ0v) is 11.3. The van der Waals surface area contributed by atoms with Gasteiger partial charge in [0.25, 0.3) is 22.7 Å². The first kappa shape index (κ1) is 22.9. The van der Waals surface area contributed by atoms with Crippen LogP contribution >= 0.6 is 0 Å². The first-order chi connectivity index (χ1) is 3.46. The second-order valence-corrected chi connectivity index (χ2v) is 1.38. The van der Waals surface area contributed by atoms with Crippen molar-refractivity contribution in [1.29, 1.82) is 0 Å². The molecule has 6 nitrogen and oxygen atoms in total. The van der Waals surface area contributed by atoms with Gasteiger partial charge < -0.3 is 4.28 Å². The summed E-state index contributed by atoms with van der Waals surface area (Å²) in [4.78, 5) is 0. The maximum Gasteiger partial charge on any atom is 2.00 e. The van der Waals surface area contributed by atoms with Crippen molar-refractivity contribution in [2.45, 2.75) is 0 Å². The average Bonchev–Trinajstić information content (AvgIpc) is 1.25. The molecule has 0 aromatic rings. The van der Waals surface area contributed by atoms with E-state index in [0.717, 1.165) is 0 Å². The van der Waals surface area contributed by atoms with E-state index in [4.69, 9.17) is 26.6 Å². The third-order valence-corrected chi connectivity index (χ3v) is 0. The van der Waals surface area contributed by atoms with E-state index in [0.29, 0.717) is 0 Å². The molecule has 0 saturated heterocycles. The Morgan fingerprint density at radius 3 is 0.900 bits per heavy atom. The summed E-state index contributed by atoms with van der Waals surface area (Å²) in [6, 6.07) is 0. The molecule has 0 amide bonds. The van der Waals surface area contributed by atoms with Crippen molar-refractivity contribution in [3.8, 4) is 0 Å². The van der Waals surface area contributed by atoms with Crippen LogP contribution in [-0.2, 0) is 22.7 Å². The molecule has 0 fully saturated rings. The van der Waals surface area contributed by atoms with Gasteiger partial charge in [-0.3, -0.25) is 18.2 Å². The maximum absolute atomic E-state index is 8.67. The van der Waals surface area contributed by atoms with Crippen molar-refractivity contribution in [1.82, 2.24) is 0 Å². The van der Waals surface area contributed by atoms with Gasteiger partial charge in [0.1, 0.15) is 0 Å². The van der Waals surface area contributed by atoms with Gasteiger partial charge in [-0.05, 0) is 0 Å². The molecule has 0 aromatic heterocycles. The van der Waals surface area contributed by atoms with Crippen LogP contribution in [0.15, 0.2) is 0 Å². The van der Waals surface area contributed by atoms with E-state index in [1.54, 1.807) is 0 Å². The van der Waals surface area contributed by atoms with E-state index in [1.807, 2.05) is 0 Å². The van der Waals surface area contributed by atoms with Crippen molar-refractivity contribution in [2.24, 2.45) is 0 Å². The third-order valence-electron chi connectivity index (χ3n) is 0. The number of hydrogen-bond acceptors (Lipinski definition) is 2. The minimum absolute atomic E-state index is 0. The molecule has 0 aliphatic rings. The minimum Gasteiger partial charge on any atom is -1.00 e. The molecule has 0 aliphatic heterocycles. The SMILES string of the molecule is O=S(O)O.O=S(O)O.[H-].[H-].[H-].[K+].[Mg+2]. The molecule has 0 aliphatic carbocycles. The zero-order valence-electron chi connectivity index (χ0n) is 8.13. The summed E-state index contributed by atoms with van der Waals surface area (Å²) >= 11 is -5.22. The Bertz CT molecular complexity index is 83.9. The van der Waals surface area contributed by atoms with Crippen molar-refractivity contribution >= 4 is 45.8 Å². The molecule has 0 rings (SSSR count). The molecule has 10 heteroatoms. The van der Waals surface area contributed by atoms with Crippen molar-refractivity contribution < 1.29 is 82.3 Å². The number of hydrogen-bond donors (Lipinski definition) is 4. The molecule has 0 heterocycles. The smallest absolute Gasteiger partial charge is 1.00 e. The maximum atomic E-state index is 8.67. The van der Waals surface area contributed by atoms with Gasteiger partial charge in [0, 0.05) is 0 Å². The summed E-state index contributed by atoms with van der Waals surface area (Å²) in [5.41, 5.74) is 0. The average molecular weight is 231 g/mol. The predicted octanol–water partition coefficient (Wildman–Crippen LogP) is -3.68. The topological polar surface area (TPSA) is 115 Å². The summed E-state index contributed by atoms with van der Waals surface area (Å²) in [5.74, 6) is 0. The fraction of sp³-hybridized carbons (Fsp3) is 0. The first-order valence-corrected chi connectivity index (χ1v) is 3.19. The van der Waals surface area contributed by atoms with Crippen LogP contribution in [0, 0.1) is 0 Å². The molecular weight excluding hydrogens is 224 g/mol. The summed E-state index contributed by atoms with van der Waals surface area (Å²) in [6.07, 6.45) is 0. The van der Waals surface area contributed by atoms with E-state index < -0.39 is 22.7 Å². The van der Waals surface area contributed by atoms with Gasteiger partial charge in [0.2, 0.25) is 0 Å². The van der Waals surface area contributed by atoms with Crippen molar-refractivity contribution in [3.05, 3.63) is 0 Å². The molecular formula is H7KMgO6S2. The van der Waals surface area contributed by atoms with Crippen LogP contribution in [0.1, 0.15) is 4.28 Å². The van der Waals surface area contributed by atoms with Crippen LogP contribution in [0.2, 0.25) is 0 Å². The third kappa shape index (κ3) is 148. The molecule has 4 N–H and O–H groups in total. The van der Waals surface area contributed by atoms with Gasteiger partial charge in [0.15, 0.2) is 0 Å². The number of rotatable bonds is 0. The van der Waals surface area contributed by atoms with Crippen LogP contribution in [0.4, 0.5) is 0 Å². The van der Waals surface area contributed by atoms with Crippen molar-refractivity contribution in [3.63, 3.8) is 0 Å². The van der Waals surface area contributed by atoms with Crippen LogP contribution in [0.5, 0.6) is 0 Å². The second kappa shape index (κ2) is 17.6. The van der Waals surface area contributed by atoms with Gasteiger partial charge in [-0.15, -0.1) is 0 Å². The Labute approximate surface area is 126 Å². The molecule has 10 heavy (non-hydrogen) atoms. The minimum atomic E-state index is -2.61. The fourth-order valence-corrected chi connectivity index (χ4v) is 0. The molecule has 0 radical (unpaired) electrons. The summed E-state index contributed by atoms with van der Waals surface area (Å²) in [5, 5.41) is 0. The van der Waals surface area contributed by atoms with Gasteiger partial charge in [-0.1, -0.05) is 0 Å². The molecule has 0 aromatic carbocycles. The predicted molar refractivity (Wildman–Crippen MR) is 35.9 cm³/mol. The molecule has 0 saturated carbocycles. The van der Waals surface area contributed by atoms with E-state index in [9.17, 15) is 0 Å². The second-order valence-electron chi connectivity index (χ2n) is 0.461. The normalized spacial score (nSPS) is 7.00. The summed E-state index contributed by atoms with van der Waals surface area (Å²) < 4.78 is 45.7. The molecule has 58 valence electrons.